The van der Waals surface area contributed by atoms with E-state index in [9.17, 15) is 9.90 Å². The van der Waals surface area contributed by atoms with Crippen LogP contribution in [-0.2, 0) is 0 Å². The van der Waals surface area contributed by atoms with Crippen molar-refractivity contribution in [2.45, 2.75) is 6.92 Å². The van der Waals surface area contributed by atoms with Gasteiger partial charge in [0.05, 0.1) is 0 Å². The summed E-state index contributed by atoms with van der Waals surface area (Å²) in [6, 6.07) is 12.6. The number of ketones is 1. The number of thiophene rings is 1. The van der Waals surface area contributed by atoms with Crippen LogP contribution in [0.1, 0.15) is 21.1 Å². The van der Waals surface area contributed by atoms with Crippen molar-refractivity contribution in [1.82, 2.24) is 9.97 Å². The van der Waals surface area contributed by atoms with E-state index in [0.717, 1.165) is 15.6 Å². The summed E-state index contributed by atoms with van der Waals surface area (Å²) < 4.78 is 6.82. The number of hydrogen-bond acceptors (Lipinski definition) is 5. The lowest BCUT2D eigenvalue weighted by atomic mass is 10.2. The van der Waals surface area contributed by atoms with Crippen molar-refractivity contribution in [1.29, 1.82) is 0 Å². The lowest BCUT2D eigenvalue weighted by Crippen LogP contribution is -2.02. The lowest BCUT2D eigenvalue weighted by molar-refractivity contribution is 0.103. The predicted octanol–water partition coefficient (Wildman–Crippen LogP) is 4.66. The molecule has 0 spiro atoms. The van der Waals surface area contributed by atoms with Gasteiger partial charge >= 0.3 is 0 Å². The zero-order valence-electron chi connectivity index (χ0n) is 13.3. The number of aryl methyl sites for hydroxylation is 1. The van der Waals surface area contributed by atoms with E-state index in [0.29, 0.717) is 16.4 Å². The molecule has 0 aliphatic rings. The summed E-state index contributed by atoms with van der Waals surface area (Å²) in [7, 11) is 0. The number of fused-ring (bicyclic) bond motifs is 1. The molecule has 2 N–H and O–H groups in total. The van der Waals surface area contributed by atoms with Crippen molar-refractivity contribution in [3.63, 3.8) is 0 Å². The number of nitrogens with one attached hydrogen (secondary N) is 1. The van der Waals surface area contributed by atoms with E-state index < -0.39 is 0 Å². The Kier molecular flexibility index (Phi) is 3.74. The minimum atomic E-state index is -0.243. The predicted molar refractivity (Wildman–Crippen MR) is 96.8 cm³/mol. The van der Waals surface area contributed by atoms with Crippen LogP contribution in [0.5, 0.6) is 17.2 Å². The maximum Gasteiger partial charge on any atom is 0.241 e. The first-order chi connectivity index (χ1) is 12.1. The van der Waals surface area contributed by atoms with Gasteiger partial charge in [0.25, 0.3) is 0 Å². The van der Waals surface area contributed by atoms with Gasteiger partial charge in [0, 0.05) is 22.5 Å². The number of carbonyl (C=O) groups excluding carboxylic acids is 1. The number of aromatic hydroxyl groups is 1. The Morgan fingerprint density at radius 3 is 2.72 bits per heavy atom. The number of hydrogen-bond donors (Lipinski definition) is 2. The first kappa shape index (κ1) is 15.4. The number of phenols is 1. The minimum absolute atomic E-state index is 0.146. The highest BCUT2D eigenvalue weighted by Crippen LogP contribution is 2.42. The van der Waals surface area contributed by atoms with Crippen LogP contribution in [0.25, 0.3) is 10.1 Å². The summed E-state index contributed by atoms with van der Waals surface area (Å²) in [5.41, 5.74) is 1.12. The number of aromatic nitrogens is 2. The summed E-state index contributed by atoms with van der Waals surface area (Å²) in [6.45, 7) is 2.00. The van der Waals surface area contributed by atoms with Gasteiger partial charge in [-0.3, -0.25) is 4.79 Å². The van der Waals surface area contributed by atoms with Crippen LogP contribution in [0, 0.1) is 6.92 Å². The van der Waals surface area contributed by atoms with Crippen LogP contribution in [-0.4, -0.2) is 20.9 Å². The number of aromatic amines is 1. The molecule has 6 heteroatoms. The van der Waals surface area contributed by atoms with Crippen molar-refractivity contribution in [3.8, 4) is 17.2 Å². The monoisotopic (exact) mass is 350 g/mol. The molecule has 0 atom stereocenters. The number of nitrogens with zero attached hydrogens (tertiary/aromatic N) is 1. The zero-order chi connectivity index (χ0) is 17.4. The highest BCUT2D eigenvalue weighted by atomic mass is 32.1. The Morgan fingerprint density at radius 2 is 2.00 bits per heavy atom. The quantitative estimate of drug-likeness (QED) is 0.525. The molecule has 4 rings (SSSR count). The van der Waals surface area contributed by atoms with E-state index in [2.05, 4.69) is 9.97 Å². The fourth-order valence-electron chi connectivity index (χ4n) is 2.53. The number of imidazole rings is 1. The summed E-state index contributed by atoms with van der Waals surface area (Å²) >= 11 is 1.27. The third-order valence-electron chi connectivity index (χ3n) is 3.79. The molecule has 25 heavy (non-hydrogen) atoms. The van der Waals surface area contributed by atoms with E-state index in [1.807, 2.05) is 31.2 Å². The van der Waals surface area contributed by atoms with Crippen LogP contribution in [0.15, 0.2) is 54.9 Å². The highest BCUT2D eigenvalue weighted by Gasteiger charge is 2.23. The van der Waals surface area contributed by atoms with Crippen molar-refractivity contribution >= 4 is 27.2 Å². The molecule has 0 saturated heterocycles. The molecule has 0 aliphatic heterocycles. The van der Waals surface area contributed by atoms with Crippen LogP contribution >= 0.6 is 11.3 Å². The summed E-state index contributed by atoms with van der Waals surface area (Å²) in [5.74, 6) is 1.28. The van der Waals surface area contributed by atoms with Crippen LogP contribution in [0.3, 0.4) is 0 Å². The van der Waals surface area contributed by atoms with Crippen LogP contribution in [0.4, 0.5) is 0 Å². The molecule has 0 bridgehead atoms. The maximum absolute atomic E-state index is 12.8. The summed E-state index contributed by atoms with van der Waals surface area (Å²) in [6.07, 6.45) is 3.14. The number of phenolic OH excluding ortho intramolecular Hbond substituents is 1. The fraction of sp³-hybridized carbons (Fsp3) is 0.0526. The molecule has 5 nitrogen and oxygen atoms in total. The largest absolute Gasteiger partial charge is 0.508 e. The normalized spacial score (nSPS) is 10.9. The average molecular weight is 350 g/mol. The first-order valence-corrected chi connectivity index (χ1v) is 8.47. The Morgan fingerprint density at radius 1 is 1.20 bits per heavy atom. The summed E-state index contributed by atoms with van der Waals surface area (Å²) in [5, 5.41) is 10.5. The van der Waals surface area contributed by atoms with Gasteiger partial charge in [0.2, 0.25) is 5.78 Å². The maximum atomic E-state index is 12.8. The Labute approximate surface area is 147 Å². The molecule has 2 aromatic carbocycles. The van der Waals surface area contributed by atoms with Crippen LogP contribution < -0.4 is 4.74 Å². The van der Waals surface area contributed by atoms with E-state index in [4.69, 9.17) is 4.74 Å². The van der Waals surface area contributed by atoms with Crippen molar-refractivity contribution < 1.29 is 14.6 Å². The molecule has 2 aromatic heterocycles. The number of benzene rings is 2. The SMILES string of the molecule is Cc1ccc(Oc2c(C(=O)c3ncc[nH]3)sc3cc(O)ccc23)cc1. The molecule has 0 fully saturated rings. The van der Waals surface area contributed by atoms with Gasteiger partial charge < -0.3 is 14.8 Å². The second-order valence-electron chi connectivity index (χ2n) is 5.62. The van der Waals surface area contributed by atoms with Gasteiger partial charge in [-0.2, -0.15) is 0 Å². The number of ether oxygens (including phenoxy) is 1. The topological polar surface area (TPSA) is 75.2 Å². The standard InChI is InChI=1S/C19H14N2O3S/c1-11-2-5-13(6-3-11)24-17-14-7-4-12(22)10-15(14)25-18(17)16(23)19-20-8-9-21-19/h2-10,22H,1H3,(H,20,21). The highest BCUT2D eigenvalue weighted by molar-refractivity contribution is 7.21. The van der Waals surface area contributed by atoms with Crippen molar-refractivity contribution in [3.05, 3.63) is 71.1 Å². The molecule has 0 amide bonds. The van der Waals surface area contributed by atoms with Gasteiger partial charge in [-0.05, 0) is 37.3 Å². The van der Waals surface area contributed by atoms with E-state index in [1.165, 1.54) is 17.5 Å². The van der Waals surface area contributed by atoms with E-state index in [-0.39, 0.29) is 17.4 Å². The molecule has 2 heterocycles. The Balaban J connectivity index is 1.86. The minimum Gasteiger partial charge on any atom is -0.508 e. The van der Waals surface area contributed by atoms with E-state index >= 15 is 0 Å². The van der Waals surface area contributed by atoms with Gasteiger partial charge in [0.15, 0.2) is 11.6 Å². The van der Waals surface area contributed by atoms with Gasteiger partial charge in [-0.25, -0.2) is 4.98 Å². The molecule has 0 aliphatic carbocycles. The lowest BCUT2D eigenvalue weighted by Gasteiger charge is -2.07. The molecular weight excluding hydrogens is 336 g/mol. The molecule has 124 valence electrons. The second-order valence-corrected chi connectivity index (χ2v) is 6.67. The Bertz CT molecular complexity index is 1050. The third-order valence-corrected chi connectivity index (χ3v) is 4.92. The average Bonchev–Trinajstić information content (AvgIpc) is 3.24. The second kappa shape index (κ2) is 6.07. The smallest absolute Gasteiger partial charge is 0.241 e. The summed E-state index contributed by atoms with van der Waals surface area (Å²) in [4.78, 5) is 20.1. The van der Waals surface area contributed by atoms with Gasteiger partial charge in [-0.15, -0.1) is 11.3 Å². The van der Waals surface area contributed by atoms with Crippen LogP contribution in [0.2, 0.25) is 0 Å². The number of H-pyrrole nitrogens is 1. The molecule has 0 unspecified atom stereocenters. The van der Waals surface area contributed by atoms with E-state index in [1.54, 1.807) is 24.4 Å². The number of rotatable bonds is 4. The molecule has 0 radical (unpaired) electrons. The van der Waals surface area contributed by atoms with Gasteiger partial charge in [-0.1, -0.05) is 17.7 Å². The molecule has 4 aromatic rings. The molecule has 0 saturated carbocycles. The van der Waals surface area contributed by atoms with Crippen molar-refractivity contribution in [2.24, 2.45) is 0 Å². The first-order valence-electron chi connectivity index (χ1n) is 7.66. The third kappa shape index (κ3) is 2.88. The Hall–Kier alpha value is -3.12. The van der Waals surface area contributed by atoms with Crippen molar-refractivity contribution in [2.75, 3.05) is 0 Å². The van der Waals surface area contributed by atoms with Gasteiger partial charge in [0.1, 0.15) is 16.4 Å². The zero-order valence-corrected chi connectivity index (χ0v) is 14.1. The fourth-order valence-corrected chi connectivity index (χ4v) is 3.64. The molecular formula is C19H14N2O3S. The number of carbonyl (C=O) groups is 1.